The van der Waals surface area contributed by atoms with Crippen LogP contribution in [0.25, 0.3) is 0 Å². The molecule has 0 saturated heterocycles. The van der Waals surface area contributed by atoms with Crippen molar-refractivity contribution < 1.29 is 13.2 Å². The predicted molar refractivity (Wildman–Crippen MR) is 83.1 cm³/mol. The Bertz CT molecular complexity index is 702. The summed E-state index contributed by atoms with van der Waals surface area (Å²) in [6, 6.07) is 13.7. The van der Waals surface area contributed by atoms with E-state index in [-0.39, 0.29) is 11.4 Å². The minimum absolute atomic E-state index is 0.131. The standard InChI is InChI=1S/C15H16ClNO3S/c1-2-20-15-10-13(8-9-14(15)16)21(18,19)17-11-12-6-4-3-5-7-12/h3-10,17H,2,11H2,1H3. The first-order chi connectivity index (χ1) is 10.0. The van der Waals surface area contributed by atoms with E-state index in [9.17, 15) is 8.42 Å². The van der Waals surface area contributed by atoms with Crippen molar-refractivity contribution in [2.24, 2.45) is 0 Å². The van der Waals surface area contributed by atoms with Gasteiger partial charge in [-0.25, -0.2) is 13.1 Å². The summed E-state index contributed by atoms with van der Waals surface area (Å²) in [6.07, 6.45) is 0. The van der Waals surface area contributed by atoms with Gasteiger partial charge in [-0.15, -0.1) is 0 Å². The smallest absolute Gasteiger partial charge is 0.241 e. The van der Waals surface area contributed by atoms with Crippen LogP contribution in [0.1, 0.15) is 12.5 Å². The van der Waals surface area contributed by atoms with Crippen molar-refractivity contribution in [2.45, 2.75) is 18.4 Å². The molecule has 0 heterocycles. The summed E-state index contributed by atoms with van der Waals surface area (Å²) in [5.74, 6) is 0.363. The van der Waals surface area contributed by atoms with Gasteiger partial charge < -0.3 is 4.74 Å². The third kappa shape index (κ3) is 4.20. The number of sulfonamides is 1. The van der Waals surface area contributed by atoms with Gasteiger partial charge in [-0.2, -0.15) is 0 Å². The van der Waals surface area contributed by atoms with Crippen LogP contribution in [-0.4, -0.2) is 15.0 Å². The molecule has 112 valence electrons. The van der Waals surface area contributed by atoms with Crippen molar-refractivity contribution >= 4 is 21.6 Å². The van der Waals surface area contributed by atoms with Crippen LogP contribution in [0.5, 0.6) is 5.75 Å². The lowest BCUT2D eigenvalue weighted by atomic mass is 10.2. The predicted octanol–water partition coefficient (Wildman–Crippen LogP) is 3.22. The van der Waals surface area contributed by atoms with Crippen molar-refractivity contribution in [1.29, 1.82) is 0 Å². The Hall–Kier alpha value is -1.56. The SMILES string of the molecule is CCOc1cc(S(=O)(=O)NCc2ccccc2)ccc1Cl. The second-order valence-corrected chi connectivity index (χ2v) is 6.51. The summed E-state index contributed by atoms with van der Waals surface area (Å²) in [5.41, 5.74) is 0.889. The Balaban J connectivity index is 2.17. The minimum atomic E-state index is -3.60. The van der Waals surface area contributed by atoms with E-state index in [4.69, 9.17) is 16.3 Å². The molecule has 0 aliphatic carbocycles. The van der Waals surface area contributed by atoms with Gasteiger partial charge in [-0.05, 0) is 24.6 Å². The van der Waals surface area contributed by atoms with Gasteiger partial charge in [0, 0.05) is 12.6 Å². The molecular formula is C15H16ClNO3S. The van der Waals surface area contributed by atoms with E-state index in [0.29, 0.717) is 17.4 Å². The minimum Gasteiger partial charge on any atom is -0.492 e. The number of benzene rings is 2. The Morgan fingerprint density at radius 1 is 1.14 bits per heavy atom. The first-order valence-electron chi connectivity index (χ1n) is 6.49. The highest BCUT2D eigenvalue weighted by Gasteiger charge is 2.16. The molecule has 6 heteroatoms. The molecule has 0 fully saturated rings. The summed E-state index contributed by atoms with van der Waals surface area (Å²) >= 11 is 5.96. The Kier molecular flexibility index (Phi) is 5.22. The van der Waals surface area contributed by atoms with E-state index < -0.39 is 10.0 Å². The van der Waals surface area contributed by atoms with E-state index in [1.807, 2.05) is 37.3 Å². The fourth-order valence-corrected chi connectivity index (χ4v) is 2.98. The van der Waals surface area contributed by atoms with Crippen LogP contribution >= 0.6 is 11.6 Å². The summed E-state index contributed by atoms with van der Waals surface area (Å²) < 4.78 is 32.4. The highest BCUT2D eigenvalue weighted by molar-refractivity contribution is 7.89. The molecule has 21 heavy (non-hydrogen) atoms. The largest absolute Gasteiger partial charge is 0.492 e. The van der Waals surface area contributed by atoms with E-state index in [1.54, 1.807) is 0 Å². The van der Waals surface area contributed by atoms with Crippen molar-refractivity contribution in [3.8, 4) is 5.75 Å². The molecule has 2 aromatic rings. The fourth-order valence-electron chi connectivity index (χ4n) is 1.77. The third-order valence-electron chi connectivity index (χ3n) is 2.82. The maximum atomic E-state index is 12.3. The van der Waals surface area contributed by atoms with E-state index in [0.717, 1.165) is 5.56 Å². The second kappa shape index (κ2) is 6.93. The van der Waals surface area contributed by atoms with Crippen LogP contribution < -0.4 is 9.46 Å². The molecule has 0 spiro atoms. The monoisotopic (exact) mass is 325 g/mol. The maximum absolute atomic E-state index is 12.3. The molecule has 0 saturated carbocycles. The van der Waals surface area contributed by atoms with Gasteiger partial charge in [0.15, 0.2) is 0 Å². The lowest BCUT2D eigenvalue weighted by molar-refractivity contribution is 0.339. The van der Waals surface area contributed by atoms with Crippen LogP contribution in [0.2, 0.25) is 5.02 Å². The van der Waals surface area contributed by atoms with Crippen LogP contribution in [0.4, 0.5) is 0 Å². The van der Waals surface area contributed by atoms with E-state index in [1.165, 1.54) is 18.2 Å². The van der Waals surface area contributed by atoms with Crippen LogP contribution in [0.15, 0.2) is 53.4 Å². The first kappa shape index (κ1) is 15.8. The zero-order chi connectivity index (χ0) is 15.3. The number of halogens is 1. The highest BCUT2D eigenvalue weighted by Crippen LogP contribution is 2.27. The molecule has 0 aromatic heterocycles. The number of rotatable bonds is 6. The molecule has 4 nitrogen and oxygen atoms in total. The molecule has 0 aliphatic rings. The fraction of sp³-hybridized carbons (Fsp3) is 0.200. The van der Waals surface area contributed by atoms with E-state index >= 15 is 0 Å². The first-order valence-corrected chi connectivity index (χ1v) is 8.35. The topological polar surface area (TPSA) is 55.4 Å². The number of hydrogen-bond acceptors (Lipinski definition) is 3. The van der Waals surface area contributed by atoms with Crippen LogP contribution in [0.3, 0.4) is 0 Å². The summed E-state index contributed by atoms with van der Waals surface area (Å²) in [4.78, 5) is 0.131. The molecule has 0 atom stereocenters. The molecular weight excluding hydrogens is 310 g/mol. The van der Waals surface area contributed by atoms with Crippen molar-refractivity contribution in [2.75, 3.05) is 6.61 Å². The van der Waals surface area contributed by atoms with Crippen molar-refractivity contribution in [3.63, 3.8) is 0 Å². The Morgan fingerprint density at radius 2 is 1.86 bits per heavy atom. The van der Waals surface area contributed by atoms with Crippen molar-refractivity contribution in [1.82, 2.24) is 4.72 Å². The number of ether oxygens (including phenoxy) is 1. The quantitative estimate of drug-likeness (QED) is 0.887. The molecule has 0 bridgehead atoms. The van der Waals surface area contributed by atoms with Gasteiger partial charge in [0.05, 0.1) is 16.5 Å². The summed E-state index contributed by atoms with van der Waals surface area (Å²) in [5, 5.41) is 0.388. The average molecular weight is 326 g/mol. The lowest BCUT2D eigenvalue weighted by Crippen LogP contribution is -2.23. The van der Waals surface area contributed by atoms with Gasteiger partial charge in [-0.3, -0.25) is 0 Å². The van der Waals surface area contributed by atoms with Gasteiger partial charge in [0.1, 0.15) is 5.75 Å². The van der Waals surface area contributed by atoms with Gasteiger partial charge in [0.25, 0.3) is 0 Å². The van der Waals surface area contributed by atoms with Gasteiger partial charge >= 0.3 is 0 Å². The van der Waals surface area contributed by atoms with Gasteiger partial charge in [0.2, 0.25) is 10.0 Å². The third-order valence-corrected chi connectivity index (χ3v) is 4.53. The average Bonchev–Trinajstić information content (AvgIpc) is 2.49. The Morgan fingerprint density at radius 3 is 2.52 bits per heavy atom. The summed E-state index contributed by atoms with van der Waals surface area (Å²) in [6.45, 7) is 2.46. The zero-order valence-corrected chi connectivity index (χ0v) is 13.1. The molecule has 0 amide bonds. The second-order valence-electron chi connectivity index (χ2n) is 4.34. The molecule has 2 rings (SSSR count). The van der Waals surface area contributed by atoms with E-state index in [2.05, 4.69) is 4.72 Å². The molecule has 0 radical (unpaired) electrons. The van der Waals surface area contributed by atoms with Crippen molar-refractivity contribution in [3.05, 3.63) is 59.1 Å². The van der Waals surface area contributed by atoms with Crippen LogP contribution in [-0.2, 0) is 16.6 Å². The normalized spacial score (nSPS) is 11.3. The van der Waals surface area contributed by atoms with Gasteiger partial charge in [-0.1, -0.05) is 41.9 Å². The Labute approximate surface area is 129 Å². The maximum Gasteiger partial charge on any atom is 0.241 e. The summed E-state index contributed by atoms with van der Waals surface area (Å²) in [7, 11) is -3.60. The molecule has 2 aromatic carbocycles. The zero-order valence-electron chi connectivity index (χ0n) is 11.5. The molecule has 1 N–H and O–H groups in total. The van der Waals surface area contributed by atoms with Crippen LogP contribution in [0, 0.1) is 0 Å². The number of nitrogens with one attached hydrogen (secondary N) is 1. The molecule has 0 unspecified atom stereocenters. The lowest BCUT2D eigenvalue weighted by Gasteiger charge is -2.10. The number of hydrogen-bond donors (Lipinski definition) is 1. The molecule has 0 aliphatic heterocycles. The highest BCUT2D eigenvalue weighted by atomic mass is 35.5.